The molecule has 0 N–H and O–H groups in total. The van der Waals surface area contributed by atoms with Crippen LogP contribution in [0.5, 0.6) is 0 Å². The minimum absolute atomic E-state index is 0.0927. The van der Waals surface area contributed by atoms with Gasteiger partial charge in [-0.15, -0.1) is 11.3 Å². The maximum absolute atomic E-state index is 12.6. The molecule has 0 saturated carbocycles. The largest absolute Gasteiger partial charge is 0.390 e. The molecule has 1 aromatic carbocycles. The highest BCUT2D eigenvalue weighted by atomic mass is 32.1. The molecule has 2 aliphatic rings. The first-order valence-corrected chi connectivity index (χ1v) is 13.3. The number of alkyl halides is 3. The molecule has 0 spiro atoms. The van der Waals surface area contributed by atoms with Gasteiger partial charge in [-0.2, -0.15) is 13.2 Å². The van der Waals surface area contributed by atoms with Crippen molar-refractivity contribution < 1.29 is 13.2 Å². The minimum Gasteiger partial charge on any atom is -0.303 e. The standard InChI is InChI=1S/C28H29F3N4S/c29-28(30,31)11-16-35-14-2-4-20(10-15-35)22-9-13-33-24(17-22)6-8-27-34-25-7-5-21(18-26(25)36-27)23-3-1-12-32-19-23/h3,5-9,13,17-20H,1-2,4,10-12,14-16H2/b8-6+. The smallest absolute Gasteiger partial charge is 0.303 e. The molecule has 1 fully saturated rings. The van der Waals surface area contributed by atoms with E-state index in [1.54, 1.807) is 11.3 Å². The fraction of sp³-hybridized carbons (Fsp3) is 0.393. The van der Waals surface area contributed by atoms with E-state index in [0.29, 0.717) is 12.5 Å². The van der Waals surface area contributed by atoms with E-state index in [9.17, 15) is 13.2 Å². The lowest BCUT2D eigenvalue weighted by Crippen LogP contribution is -2.29. The number of allylic oxidation sites excluding steroid dienone is 1. The monoisotopic (exact) mass is 510 g/mol. The number of halogens is 3. The van der Waals surface area contributed by atoms with Crippen molar-refractivity contribution in [2.75, 3.05) is 26.2 Å². The Kier molecular flexibility index (Phi) is 7.62. The second-order valence-corrected chi connectivity index (χ2v) is 10.5. The molecule has 1 saturated heterocycles. The number of thiazole rings is 1. The van der Waals surface area contributed by atoms with E-state index in [0.717, 1.165) is 65.3 Å². The first-order chi connectivity index (χ1) is 17.4. The molecule has 2 aliphatic heterocycles. The molecule has 1 atom stereocenters. The third-order valence-corrected chi connectivity index (χ3v) is 7.78. The Morgan fingerprint density at radius 1 is 1.08 bits per heavy atom. The van der Waals surface area contributed by atoms with Crippen molar-refractivity contribution in [3.05, 3.63) is 64.4 Å². The van der Waals surface area contributed by atoms with Crippen molar-refractivity contribution >= 4 is 45.5 Å². The fourth-order valence-corrected chi connectivity index (χ4v) is 5.77. The van der Waals surface area contributed by atoms with Crippen molar-refractivity contribution in [1.82, 2.24) is 14.9 Å². The first-order valence-electron chi connectivity index (χ1n) is 12.5. The Bertz CT molecular complexity index is 1290. The van der Waals surface area contributed by atoms with Gasteiger partial charge in [-0.25, -0.2) is 4.98 Å². The molecule has 0 bridgehead atoms. The third-order valence-electron chi connectivity index (χ3n) is 6.80. The van der Waals surface area contributed by atoms with Gasteiger partial charge in [0, 0.05) is 25.5 Å². The topological polar surface area (TPSA) is 41.4 Å². The first kappa shape index (κ1) is 24.8. The number of pyridine rings is 1. The molecule has 0 aliphatic carbocycles. The van der Waals surface area contributed by atoms with Crippen LogP contribution in [0.1, 0.15) is 59.9 Å². The Balaban J connectivity index is 1.25. The normalized spacial score (nSPS) is 19.6. The number of nitrogens with zero attached hydrogens (tertiary/aromatic N) is 4. The lowest BCUT2D eigenvalue weighted by molar-refractivity contribution is -0.137. The maximum Gasteiger partial charge on any atom is 0.390 e. The predicted molar refractivity (Wildman–Crippen MR) is 142 cm³/mol. The number of rotatable bonds is 6. The number of aliphatic imine (C=N–C) groups is 1. The summed E-state index contributed by atoms with van der Waals surface area (Å²) < 4.78 is 38.9. The van der Waals surface area contributed by atoms with E-state index < -0.39 is 12.6 Å². The number of fused-ring (bicyclic) bond motifs is 1. The van der Waals surface area contributed by atoms with Crippen molar-refractivity contribution in [3.8, 4) is 0 Å². The van der Waals surface area contributed by atoms with E-state index in [1.807, 2.05) is 35.5 Å². The van der Waals surface area contributed by atoms with Crippen LogP contribution in [0.4, 0.5) is 13.2 Å². The van der Waals surface area contributed by atoms with Crippen LogP contribution in [-0.4, -0.2) is 53.4 Å². The van der Waals surface area contributed by atoms with E-state index >= 15 is 0 Å². The summed E-state index contributed by atoms with van der Waals surface area (Å²) in [6.07, 6.45) is 8.90. The van der Waals surface area contributed by atoms with Gasteiger partial charge in [0.1, 0.15) is 5.01 Å². The Morgan fingerprint density at radius 3 is 2.83 bits per heavy atom. The zero-order valence-electron chi connectivity index (χ0n) is 20.0. The molecular formula is C28H29F3N4S. The molecule has 3 aromatic rings. The van der Waals surface area contributed by atoms with E-state index in [2.05, 4.69) is 40.3 Å². The molecule has 2 aromatic heterocycles. The predicted octanol–water partition coefficient (Wildman–Crippen LogP) is 7.24. The molecule has 8 heteroatoms. The van der Waals surface area contributed by atoms with Crippen LogP contribution in [0.2, 0.25) is 0 Å². The number of dihydropyridines is 1. The number of aromatic nitrogens is 2. The van der Waals surface area contributed by atoms with E-state index in [-0.39, 0.29) is 6.54 Å². The van der Waals surface area contributed by atoms with Crippen LogP contribution in [-0.2, 0) is 0 Å². The summed E-state index contributed by atoms with van der Waals surface area (Å²) in [5, 5.41) is 0.926. The molecule has 0 amide bonds. The average molecular weight is 511 g/mol. The van der Waals surface area contributed by atoms with Gasteiger partial charge in [-0.05, 0) is 97.8 Å². The van der Waals surface area contributed by atoms with Crippen molar-refractivity contribution in [2.24, 2.45) is 4.99 Å². The molecular weight excluding hydrogens is 481 g/mol. The highest BCUT2D eigenvalue weighted by Gasteiger charge is 2.28. The highest BCUT2D eigenvalue weighted by molar-refractivity contribution is 7.19. The second kappa shape index (κ2) is 11.0. The average Bonchev–Trinajstić information content (AvgIpc) is 3.14. The van der Waals surface area contributed by atoms with Gasteiger partial charge in [0.2, 0.25) is 0 Å². The molecule has 5 rings (SSSR count). The zero-order chi connectivity index (χ0) is 25.0. The summed E-state index contributed by atoms with van der Waals surface area (Å²) in [4.78, 5) is 15.6. The number of benzene rings is 1. The van der Waals surface area contributed by atoms with Gasteiger partial charge in [-0.3, -0.25) is 9.98 Å². The van der Waals surface area contributed by atoms with Crippen LogP contribution in [0.25, 0.3) is 27.9 Å². The molecule has 36 heavy (non-hydrogen) atoms. The lowest BCUT2D eigenvalue weighted by Gasteiger charge is -2.21. The minimum atomic E-state index is -4.09. The molecule has 1 unspecified atom stereocenters. The Morgan fingerprint density at radius 2 is 2.00 bits per heavy atom. The SMILES string of the molecule is FC(F)(F)CCN1CCCC(c2ccnc(/C=C/c3nc4ccc(C5=CCCN=C5)cc4s3)c2)CC1. The van der Waals surface area contributed by atoms with Crippen molar-refractivity contribution in [2.45, 2.75) is 44.2 Å². The molecule has 0 radical (unpaired) electrons. The summed E-state index contributed by atoms with van der Waals surface area (Å²) >= 11 is 1.65. The summed E-state index contributed by atoms with van der Waals surface area (Å²) in [6.45, 7) is 2.38. The van der Waals surface area contributed by atoms with Crippen molar-refractivity contribution in [3.63, 3.8) is 0 Å². The molecule has 4 heterocycles. The van der Waals surface area contributed by atoms with Gasteiger partial charge in [0.25, 0.3) is 0 Å². The summed E-state index contributed by atoms with van der Waals surface area (Å²) in [5.74, 6) is 0.342. The van der Waals surface area contributed by atoms with Crippen LogP contribution < -0.4 is 0 Å². The van der Waals surface area contributed by atoms with Crippen molar-refractivity contribution in [1.29, 1.82) is 0 Å². The van der Waals surface area contributed by atoms with Gasteiger partial charge >= 0.3 is 6.18 Å². The summed E-state index contributed by atoms with van der Waals surface area (Å²) in [7, 11) is 0. The lowest BCUT2D eigenvalue weighted by atomic mass is 9.92. The van der Waals surface area contributed by atoms with Crippen LogP contribution in [0.15, 0.2) is 47.6 Å². The van der Waals surface area contributed by atoms with Gasteiger partial charge < -0.3 is 4.90 Å². The summed E-state index contributed by atoms with van der Waals surface area (Å²) in [5.41, 5.74) is 5.39. The van der Waals surface area contributed by atoms with Gasteiger partial charge in [-0.1, -0.05) is 12.1 Å². The van der Waals surface area contributed by atoms with Crippen LogP contribution in [0.3, 0.4) is 0 Å². The maximum atomic E-state index is 12.6. The number of likely N-dealkylation sites (tertiary alicyclic amines) is 1. The Hall–Kier alpha value is -2.84. The zero-order valence-corrected chi connectivity index (χ0v) is 20.9. The quantitative estimate of drug-likeness (QED) is 0.351. The third kappa shape index (κ3) is 6.48. The molecule has 4 nitrogen and oxygen atoms in total. The highest BCUT2D eigenvalue weighted by Crippen LogP contribution is 2.30. The number of hydrogen-bond acceptors (Lipinski definition) is 5. The fourth-order valence-electron chi connectivity index (χ4n) is 4.86. The van der Waals surface area contributed by atoms with Gasteiger partial charge in [0.15, 0.2) is 0 Å². The van der Waals surface area contributed by atoms with E-state index in [4.69, 9.17) is 4.98 Å². The van der Waals surface area contributed by atoms with Gasteiger partial charge in [0.05, 0.1) is 22.3 Å². The van der Waals surface area contributed by atoms with Crippen LogP contribution >= 0.6 is 11.3 Å². The second-order valence-electron chi connectivity index (χ2n) is 9.40. The Labute approximate surface area is 213 Å². The van der Waals surface area contributed by atoms with E-state index in [1.165, 1.54) is 11.1 Å². The summed E-state index contributed by atoms with van der Waals surface area (Å²) in [6, 6.07) is 10.5. The van der Waals surface area contributed by atoms with Crippen LogP contribution in [0, 0.1) is 0 Å². The molecule has 188 valence electrons. The number of hydrogen-bond donors (Lipinski definition) is 0.